The first kappa shape index (κ1) is 16.0. The van der Waals surface area contributed by atoms with Crippen molar-refractivity contribution >= 4 is 17.8 Å². The molecule has 1 fully saturated rings. The van der Waals surface area contributed by atoms with E-state index in [4.69, 9.17) is 0 Å². The third-order valence-electron chi connectivity index (χ3n) is 3.79. The fourth-order valence-corrected chi connectivity index (χ4v) is 2.53. The normalized spacial score (nSPS) is 20.4. The van der Waals surface area contributed by atoms with Crippen molar-refractivity contribution in [2.45, 2.75) is 38.1 Å². The van der Waals surface area contributed by atoms with E-state index in [0.29, 0.717) is 12.1 Å². The van der Waals surface area contributed by atoms with Gasteiger partial charge in [-0.3, -0.25) is 14.9 Å². The Labute approximate surface area is 129 Å². The summed E-state index contributed by atoms with van der Waals surface area (Å²) in [6.45, 7) is 2.68. The molecule has 0 aromatic heterocycles. The van der Waals surface area contributed by atoms with Gasteiger partial charge in [0.1, 0.15) is 5.54 Å². The number of imide groups is 1. The van der Waals surface area contributed by atoms with Gasteiger partial charge in [-0.25, -0.2) is 4.79 Å². The predicted octanol–water partition coefficient (Wildman–Crippen LogP) is 1.42. The van der Waals surface area contributed by atoms with Crippen LogP contribution in [0.3, 0.4) is 0 Å². The molecule has 0 bridgehead atoms. The summed E-state index contributed by atoms with van der Waals surface area (Å²) in [4.78, 5) is 35.7. The standard InChI is InChI=1S/C16H21N3O3/c1-2-3-11-17-13(20)9-10-16(12-7-5-4-6-8-12)14(21)18-15(22)19-16/h4-8H,2-3,9-11H2,1H3,(H,17,20)(H2,18,19,21,22). The Morgan fingerprint density at radius 1 is 1.23 bits per heavy atom. The number of nitrogens with one attached hydrogen (secondary N) is 3. The van der Waals surface area contributed by atoms with Gasteiger partial charge in [0.2, 0.25) is 5.91 Å². The van der Waals surface area contributed by atoms with Crippen molar-refractivity contribution in [2.24, 2.45) is 0 Å². The van der Waals surface area contributed by atoms with Crippen molar-refractivity contribution in [3.63, 3.8) is 0 Å². The molecule has 1 atom stereocenters. The average molecular weight is 303 g/mol. The second-order valence-corrected chi connectivity index (χ2v) is 5.38. The van der Waals surface area contributed by atoms with Crippen LogP contribution in [0.4, 0.5) is 4.79 Å². The molecule has 3 N–H and O–H groups in total. The van der Waals surface area contributed by atoms with Crippen LogP contribution in [0.15, 0.2) is 30.3 Å². The molecule has 4 amide bonds. The van der Waals surface area contributed by atoms with E-state index in [1.165, 1.54) is 0 Å². The van der Waals surface area contributed by atoms with E-state index in [0.717, 1.165) is 12.8 Å². The monoisotopic (exact) mass is 303 g/mol. The number of amides is 4. The summed E-state index contributed by atoms with van der Waals surface area (Å²) < 4.78 is 0. The third kappa shape index (κ3) is 3.44. The molecule has 6 heteroatoms. The molecule has 0 radical (unpaired) electrons. The van der Waals surface area contributed by atoms with Gasteiger partial charge in [-0.2, -0.15) is 0 Å². The maximum Gasteiger partial charge on any atom is 0.322 e. The van der Waals surface area contributed by atoms with Crippen molar-refractivity contribution < 1.29 is 14.4 Å². The summed E-state index contributed by atoms with van der Waals surface area (Å²) in [6, 6.07) is 8.47. The Kier molecular flexibility index (Phi) is 5.14. The van der Waals surface area contributed by atoms with Crippen molar-refractivity contribution in [1.82, 2.24) is 16.0 Å². The third-order valence-corrected chi connectivity index (χ3v) is 3.79. The Bertz CT molecular complexity index is 559. The molecule has 0 spiro atoms. The SMILES string of the molecule is CCCCNC(=O)CCC1(c2ccccc2)NC(=O)NC1=O. The highest BCUT2D eigenvalue weighted by Crippen LogP contribution is 2.29. The zero-order chi connectivity index (χ0) is 16.0. The lowest BCUT2D eigenvalue weighted by molar-refractivity contribution is -0.125. The highest BCUT2D eigenvalue weighted by molar-refractivity contribution is 6.07. The summed E-state index contributed by atoms with van der Waals surface area (Å²) in [5.41, 5.74) is -0.486. The predicted molar refractivity (Wildman–Crippen MR) is 81.9 cm³/mol. The maximum atomic E-state index is 12.3. The number of rotatable bonds is 7. The average Bonchev–Trinajstić information content (AvgIpc) is 2.81. The minimum atomic E-state index is -1.17. The molecule has 1 saturated heterocycles. The molecule has 0 saturated carbocycles. The molecule has 1 aliphatic rings. The van der Waals surface area contributed by atoms with Gasteiger partial charge < -0.3 is 10.6 Å². The summed E-state index contributed by atoms with van der Waals surface area (Å²) in [5, 5.41) is 7.76. The van der Waals surface area contributed by atoms with Crippen LogP contribution in [0, 0.1) is 0 Å². The molecule has 22 heavy (non-hydrogen) atoms. The quantitative estimate of drug-likeness (QED) is 0.526. The molecule has 0 aliphatic carbocycles. The van der Waals surface area contributed by atoms with Gasteiger partial charge in [0.15, 0.2) is 0 Å². The number of unbranched alkanes of at least 4 members (excludes halogenated alkanes) is 1. The number of urea groups is 1. The van der Waals surface area contributed by atoms with Gasteiger partial charge >= 0.3 is 6.03 Å². The van der Waals surface area contributed by atoms with Crippen LogP contribution < -0.4 is 16.0 Å². The highest BCUT2D eigenvalue weighted by Gasteiger charge is 2.47. The van der Waals surface area contributed by atoms with Crippen molar-refractivity contribution in [3.05, 3.63) is 35.9 Å². The van der Waals surface area contributed by atoms with E-state index in [1.54, 1.807) is 24.3 Å². The van der Waals surface area contributed by atoms with Gasteiger partial charge in [0.05, 0.1) is 0 Å². The van der Waals surface area contributed by atoms with Crippen LogP contribution >= 0.6 is 0 Å². The summed E-state index contributed by atoms with van der Waals surface area (Å²) in [5.74, 6) is -0.525. The van der Waals surface area contributed by atoms with E-state index in [2.05, 4.69) is 22.9 Å². The molecule has 1 aliphatic heterocycles. The first-order valence-corrected chi connectivity index (χ1v) is 7.54. The van der Waals surface area contributed by atoms with Crippen molar-refractivity contribution in [3.8, 4) is 0 Å². The lowest BCUT2D eigenvalue weighted by atomic mass is 9.85. The van der Waals surface area contributed by atoms with E-state index in [9.17, 15) is 14.4 Å². The van der Waals surface area contributed by atoms with Gasteiger partial charge in [0, 0.05) is 13.0 Å². The zero-order valence-corrected chi connectivity index (χ0v) is 12.6. The molecule has 1 aromatic rings. The maximum absolute atomic E-state index is 12.3. The van der Waals surface area contributed by atoms with Crippen molar-refractivity contribution in [1.29, 1.82) is 0 Å². The fourth-order valence-electron chi connectivity index (χ4n) is 2.53. The Hall–Kier alpha value is -2.37. The van der Waals surface area contributed by atoms with Crippen molar-refractivity contribution in [2.75, 3.05) is 6.54 Å². The van der Waals surface area contributed by atoms with Crippen LogP contribution in [-0.4, -0.2) is 24.4 Å². The largest absolute Gasteiger partial charge is 0.356 e. The summed E-state index contributed by atoms with van der Waals surface area (Å²) in [6.07, 6.45) is 2.33. The zero-order valence-electron chi connectivity index (χ0n) is 12.6. The second kappa shape index (κ2) is 7.06. The van der Waals surface area contributed by atoms with Crippen LogP contribution in [0.1, 0.15) is 38.2 Å². The summed E-state index contributed by atoms with van der Waals surface area (Å²) in [7, 11) is 0. The second-order valence-electron chi connectivity index (χ2n) is 5.38. The first-order valence-electron chi connectivity index (χ1n) is 7.54. The fraction of sp³-hybridized carbons (Fsp3) is 0.438. The molecular formula is C16H21N3O3. The van der Waals surface area contributed by atoms with E-state index >= 15 is 0 Å². The van der Waals surface area contributed by atoms with Gasteiger partial charge in [-0.1, -0.05) is 43.7 Å². The minimum Gasteiger partial charge on any atom is -0.356 e. The van der Waals surface area contributed by atoms with Crippen LogP contribution in [0.25, 0.3) is 0 Å². The Morgan fingerprint density at radius 2 is 1.95 bits per heavy atom. The lowest BCUT2D eigenvalue weighted by Gasteiger charge is -2.26. The number of hydrogen-bond acceptors (Lipinski definition) is 3. The highest BCUT2D eigenvalue weighted by atomic mass is 16.2. The van der Waals surface area contributed by atoms with E-state index < -0.39 is 17.5 Å². The van der Waals surface area contributed by atoms with Crippen LogP contribution in [0.5, 0.6) is 0 Å². The minimum absolute atomic E-state index is 0.113. The van der Waals surface area contributed by atoms with E-state index in [-0.39, 0.29) is 18.7 Å². The number of hydrogen-bond donors (Lipinski definition) is 3. The van der Waals surface area contributed by atoms with Crippen LogP contribution in [0.2, 0.25) is 0 Å². The number of carbonyl (C=O) groups excluding carboxylic acids is 3. The van der Waals surface area contributed by atoms with Gasteiger partial charge in [-0.15, -0.1) is 0 Å². The van der Waals surface area contributed by atoms with Crippen LogP contribution in [-0.2, 0) is 15.1 Å². The smallest absolute Gasteiger partial charge is 0.322 e. The van der Waals surface area contributed by atoms with Gasteiger partial charge in [0.25, 0.3) is 5.91 Å². The molecule has 1 heterocycles. The molecule has 6 nitrogen and oxygen atoms in total. The number of carbonyl (C=O) groups is 3. The molecule has 1 unspecified atom stereocenters. The summed E-state index contributed by atoms with van der Waals surface area (Å²) >= 11 is 0. The number of benzene rings is 1. The Morgan fingerprint density at radius 3 is 2.55 bits per heavy atom. The van der Waals surface area contributed by atoms with Gasteiger partial charge in [-0.05, 0) is 18.4 Å². The van der Waals surface area contributed by atoms with E-state index in [1.807, 2.05) is 6.07 Å². The molecule has 118 valence electrons. The molecule has 2 rings (SSSR count). The molecular weight excluding hydrogens is 282 g/mol. The first-order chi connectivity index (χ1) is 10.6. The Balaban J connectivity index is 2.09. The lowest BCUT2D eigenvalue weighted by Crippen LogP contribution is -2.44. The topological polar surface area (TPSA) is 87.3 Å². The molecule has 1 aromatic carbocycles.